The molecule has 1 N–H and O–H groups in total. The first-order valence-electron chi connectivity index (χ1n) is 8.52. The summed E-state index contributed by atoms with van der Waals surface area (Å²) in [5, 5.41) is 9.60. The molecule has 0 spiro atoms. The fraction of sp³-hybridized carbons (Fsp3) is 0.611. The average molecular weight is 287 g/mol. The summed E-state index contributed by atoms with van der Waals surface area (Å²) in [5.74, 6) is 0. The van der Waals surface area contributed by atoms with E-state index >= 15 is 0 Å². The van der Waals surface area contributed by atoms with Gasteiger partial charge in [0.05, 0.1) is 11.2 Å². The first kappa shape index (κ1) is 16.0. The standard InChI is InChI=1S/C18H29N3/c1-3-5-6-7-10-14-21-18-12-9-8-11-16(18)17(20-21)15-19-13-4-2/h8-9,11-12,19H,3-7,10,13-15H2,1-2H3. The lowest BCUT2D eigenvalue weighted by atomic mass is 10.1. The quantitative estimate of drug-likeness (QED) is 0.652. The van der Waals surface area contributed by atoms with E-state index in [1.807, 2.05) is 0 Å². The van der Waals surface area contributed by atoms with E-state index < -0.39 is 0 Å². The third-order valence-electron chi connectivity index (χ3n) is 3.93. The number of unbranched alkanes of at least 4 members (excludes halogenated alkanes) is 4. The Bertz CT molecular complexity index is 530. The summed E-state index contributed by atoms with van der Waals surface area (Å²) in [6.45, 7) is 7.42. The zero-order valence-corrected chi connectivity index (χ0v) is 13.6. The summed E-state index contributed by atoms with van der Waals surface area (Å²) in [6, 6.07) is 8.61. The average Bonchev–Trinajstić information content (AvgIpc) is 2.86. The second-order valence-electron chi connectivity index (χ2n) is 5.78. The van der Waals surface area contributed by atoms with Crippen LogP contribution in [0.2, 0.25) is 0 Å². The van der Waals surface area contributed by atoms with Crippen molar-refractivity contribution in [2.45, 2.75) is 65.5 Å². The molecule has 0 atom stereocenters. The molecule has 0 amide bonds. The Balaban J connectivity index is 2.01. The maximum absolute atomic E-state index is 4.83. The van der Waals surface area contributed by atoms with Crippen molar-refractivity contribution in [3.8, 4) is 0 Å². The van der Waals surface area contributed by atoms with Gasteiger partial charge in [0.25, 0.3) is 0 Å². The molecule has 0 radical (unpaired) electrons. The minimum Gasteiger partial charge on any atom is -0.311 e. The second kappa shape index (κ2) is 8.83. The fourth-order valence-electron chi connectivity index (χ4n) is 2.75. The SMILES string of the molecule is CCCCCCCn1nc(CNCCC)c2ccccc21. The molecule has 1 heterocycles. The summed E-state index contributed by atoms with van der Waals surface area (Å²) in [7, 11) is 0. The number of rotatable bonds is 10. The molecule has 0 unspecified atom stereocenters. The number of hydrogen-bond donors (Lipinski definition) is 1. The molecule has 1 aromatic heterocycles. The van der Waals surface area contributed by atoms with Crippen molar-refractivity contribution >= 4 is 10.9 Å². The van der Waals surface area contributed by atoms with Gasteiger partial charge < -0.3 is 5.32 Å². The summed E-state index contributed by atoms with van der Waals surface area (Å²) < 4.78 is 2.20. The number of aryl methyl sites for hydroxylation is 1. The van der Waals surface area contributed by atoms with Crippen LogP contribution in [0.5, 0.6) is 0 Å². The van der Waals surface area contributed by atoms with Gasteiger partial charge in [-0.1, -0.05) is 57.7 Å². The smallest absolute Gasteiger partial charge is 0.0841 e. The third kappa shape index (κ3) is 4.57. The molecule has 0 bridgehead atoms. The van der Waals surface area contributed by atoms with Crippen LogP contribution in [0.1, 0.15) is 58.1 Å². The largest absolute Gasteiger partial charge is 0.311 e. The lowest BCUT2D eigenvalue weighted by Crippen LogP contribution is -2.14. The molecule has 0 aliphatic heterocycles. The van der Waals surface area contributed by atoms with Crippen molar-refractivity contribution in [1.29, 1.82) is 0 Å². The van der Waals surface area contributed by atoms with E-state index in [0.717, 1.165) is 26.1 Å². The van der Waals surface area contributed by atoms with Gasteiger partial charge in [0.15, 0.2) is 0 Å². The number of fused-ring (bicyclic) bond motifs is 1. The molecule has 0 saturated heterocycles. The van der Waals surface area contributed by atoms with Gasteiger partial charge in [-0.3, -0.25) is 4.68 Å². The van der Waals surface area contributed by atoms with Gasteiger partial charge in [-0.05, 0) is 25.5 Å². The Hall–Kier alpha value is -1.35. The number of nitrogens with zero attached hydrogens (tertiary/aromatic N) is 2. The Morgan fingerprint density at radius 3 is 2.62 bits per heavy atom. The number of hydrogen-bond acceptors (Lipinski definition) is 2. The molecule has 3 heteroatoms. The molecule has 2 aromatic rings. The van der Waals surface area contributed by atoms with Crippen LogP contribution in [0.25, 0.3) is 10.9 Å². The van der Waals surface area contributed by atoms with Gasteiger partial charge in [0.1, 0.15) is 0 Å². The highest BCUT2D eigenvalue weighted by Crippen LogP contribution is 2.19. The molecular weight excluding hydrogens is 258 g/mol. The number of nitrogens with one attached hydrogen (secondary N) is 1. The van der Waals surface area contributed by atoms with Crippen LogP contribution >= 0.6 is 0 Å². The first-order chi connectivity index (χ1) is 10.4. The van der Waals surface area contributed by atoms with E-state index in [0.29, 0.717) is 0 Å². The van der Waals surface area contributed by atoms with Gasteiger partial charge in [-0.25, -0.2) is 0 Å². The van der Waals surface area contributed by atoms with E-state index in [9.17, 15) is 0 Å². The zero-order valence-electron chi connectivity index (χ0n) is 13.6. The summed E-state index contributed by atoms with van der Waals surface area (Å²) in [5.41, 5.74) is 2.47. The van der Waals surface area contributed by atoms with Crippen LogP contribution in [-0.2, 0) is 13.1 Å². The molecule has 0 aliphatic rings. The molecule has 0 fully saturated rings. The van der Waals surface area contributed by atoms with Crippen LogP contribution in [0.15, 0.2) is 24.3 Å². The first-order valence-corrected chi connectivity index (χ1v) is 8.52. The highest BCUT2D eigenvalue weighted by molar-refractivity contribution is 5.81. The van der Waals surface area contributed by atoms with E-state index in [4.69, 9.17) is 5.10 Å². The molecule has 0 aliphatic carbocycles. The van der Waals surface area contributed by atoms with E-state index in [1.165, 1.54) is 48.7 Å². The van der Waals surface area contributed by atoms with E-state index in [-0.39, 0.29) is 0 Å². The van der Waals surface area contributed by atoms with Crippen LogP contribution in [-0.4, -0.2) is 16.3 Å². The number of benzene rings is 1. The van der Waals surface area contributed by atoms with E-state index in [2.05, 4.69) is 48.1 Å². The summed E-state index contributed by atoms with van der Waals surface area (Å²) >= 11 is 0. The normalized spacial score (nSPS) is 11.3. The van der Waals surface area contributed by atoms with Gasteiger partial charge in [-0.2, -0.15) is 5.10 Å². The number of aromatic nitrogens is 2. The summed E-state index contributed by atoms with van der Waals surface area (Å²) in [6.07, 6.45) is 7.71. The minimum absolute atomic E-state index is 0.872. The van der Waals surface area contributed by atoms with Crippen molar-refractivity contribution in [2.75, 3.05) is 6.54 Å². The van der Waals surface area contributed by atoms with E-state index in [1.54, 1.807) is 0 Å². The monoisotopic (exact) mass is 287 g/mol. The lowest BCUT2D eigenvalue weighted by Gasteiger charge is -2.03. The second-order valence-corrected chi connectivity index (χ2v) is 5.78. The molecule has 21 heavy (non-hydrogen) atoms. The topological polar surface area (TPSA) is 29.9 Å². The van der Waals surface area contributed by atoms with Gasteiger partial charge in [-0.15, -0.1) is 0 Å². The highest BCUT2D eigenvalue weighted by atomic mass is 15.3. The maximum Gasteiger partial charge on any atom is 0.0841 e. The van der Waals surface area contributed by atoms with Gasteiger partial charge in [0.2, 0.25) is 0 Å². The predicted octanol–water partition coefficient (Wildman–Crippen LogP) is 4.51. The lowest BCUT2D eigenvalue weighted by molar-refractivity contribution is 0.536. The third-order valence-corrected chi connectivity index (χ3v) is 3.93. The van der Waals surface area contributed by atoms with Gasteiger partial charge in [0, 0.05) is 18.5 Å². The summed E-state index contributed by atoms with van der Waals surface area (Å²) in [4.78, 5) is 0. The molecular formula is C18H29N3. The Kier molecular flexibility index (Phi) is 6.74. The van der Waals surface area contributed by atoms with Crippen LogP contribution < -0.4 is 5.32 Å². The molecule has 1 aromatic carbocycles. The fourth-order valence-corrected chi connectivity index (χ4v) is 2.75. The molecule has 0 saturated carbocycles. The van der Waals surface area contributed by atoms with Crippen LogP contribution in [0.4, 0.5) is 0 Å². The van der Waals surface area contributed by atoms with Crippen molar-refractivity contribution < 1.29 is 0 Å². The molecule has 2 rings (SSSR count). The maximum atomic E-state index is 4.83. The Labute approximate surface area is 128 Å². The van der Waals surface area contributed by atoms with Gasteiger partial charge >= 0.3 is 0 Å². The molecule has 3 nitrogen and oxygen atoms in total. The molecule has 116 valence electrons. The van der Waals surface area contributed by atoms with Crippen molar-refractivity contribution in [3.05, 3.63) is 30.0 Å². The van der Waals surface area contributed by atoms with Crippen molar-refractivity contribution in [1.82, 2.24) is 15.1 Å². The van der Waals surface area contributed by atoms with Crippen molar-refractivity contribution in [2.24, 2.45) is 0 Å². The Morgan fingerprint density at radius 2 is 1.81 bits per heavy atom. The van der Waals surface area contributed by atoms with Crippen LogP contribution in [0, 0.1) is 0 Å². The van der Waals surface area contributed by atoms with Crippen molar-refractivity contribution in [3.63, 3.8) is 0 Å². The predicted molar refractivity (Wildman–Crippen MR) is 90.5 cm³/mol. The van der Waals surface area contributed by atoms with Crippen LogP contribution in [0.3, 0.4) is 0 Å². The Morgan fingerprint density at radius 1 is 1.00 bits per heavy atom. The minimum atomic E-state index is 0.872. The highest BCUT2D eigenvalue weighted by Gasteiger charge is 2.09. The number of para-hydroxylation sites is 1. The zero-order chi connectivity index (χ0) is 14.9.